The fourth-order valence-corrected chi connectivity index (χ4v) is 3.50. The van der Waals surface area contributed by atoms with E-state index >= 15 is 0 Å². The highest BCUT2D eigenvalue weighted by Gasteiger charge is 2.35. The van der Waals surface area contributed by atoms with Crippen LogP contribution in [0.25, 0.3) is 10.9 Å². The Hall–Kier alpha value is -1.43. The van der Waals surface area contributed by atoms with E-state index < -0.39 is 5.82 Å². The Balaban J connectivity index is 1.94. The molecule has 4 nitrogen and oxygen atoms in total. The summed E-state index contributed by atoms with van der Waals surface area (Å²) in [5, 5.41) is 3.90. The molecule has 1 N–H and O–H groups in total. The fourth-order valence-electron chi connectivity index (χ4n) is 3.07. The van der Waals surface area contributed by atoms with Gasteiger partial charge in [-0.05, 0) is 67.1 Å². The van der Waals surface area contributed by atoms with Gasteiger partial charge in [-0.1, -0.05) is 0 Å². The molecule has 0 spiro atoms. The third kappa shape index (κ3) is 2.16. The minimum atomic E-state index is -0.399. The second-order valence-corrected chi connectivity index (χ2v) is 7.43. The van der Waals surface area contributed by atoms with Gasteiger partial charge in [0.05, 0.1) is 15.4 Å². The number of hydrogen-bond donors (Lipinski definition) is 1. The van der Waals surface area contributed by atoms with E-state index in [1.54, 1.807) is 4.57 Å². The predicted octanol–water partition coefficient (Wildman–Crippen LogP) is 3.99. The zero-order valence-corrected chi connectivity index (χ0v) is 13.9. The largest absolute Gasteiger partial charge is 0.350 e. The maximum Gasteiger partial charge on any atom is 0.263 e. The third-order valence-electron chi connectivity index (χ3n) is 4.75. The number of hydrogen-bond acceptors (Lipinski definition) is 3. The minimum Gasteiger partial charge on any atom is -0.350 e. The van der Waals surface area contributed by atoms with Crippen molar-refractivity contribution in [3.05, 3.63) is 32.8 Å². The highest BCUT2D eigenvalue weighted by atomic mass is 79.9. The van der Waals surface area contributed by atoms with Gasteiger partial charge in [0.2, 0.25) is 5.95 Å². The van der Waals surface area contributed by atoms with Crippen LogP contribution in [0.3, 0.4) is 0 Å². The summed E-state index contributed by atoms with van der Waals surface area (Å²) in [6.07, 6.45) is 5.32. The van der Waals surface area contributed by atoms with Gasteiger partial charge in [0.1, 0.15) is 5.82 Å². The van der Waals surface area contributed by atoms with Crippen molar-refractivity contribution < 1.29 is 4.39 Å². The van der Waals surface area contributed by atoms with Crippen LogP contribution < -0.4 is 10.9 Å². The lowest BCUT2D eigenvalue weighted by Crippen LogP contribution is -2.43. The van der Waals surface area contributed by atoms with Crippen LogP contribution in [0.15, 0.2) is 21.4 Å². The lowest BCUT2D eigenvalue weighted by atomic mass is 9.79. The van der Waals surface area contributed by atoms with Crippen molar-refractivity contribution in [2.75, 3.05) is 5.32 Å². The summed E-state index contributed by atoms with van der Waals surface area (Å²) >= 11 is 3.22. The van der Waals surface area contributed by atoms with E-state index in [9.17, 15) is 9.18 Å². The SMILES string of the molecule is CC1(Nc2nc3c(Br)c(F)ccc3c(=O)n2C2CC2)CCC1. The van der Waals surface area contributed by atoms with Gasteiger partial charge in [0.25, 0.3) is 5.56 Å². The van der Waals surface area contributed by atoms with Gasteiger partial charge in [0.15, 0.2) is 0 Å². The molecular weight excluding hydrogens is 349 g/mol. The molecule has 0 unspecified atom stereocenters. The highest BCUT2D eigenvalue weighted by molar-refractivity contribution is 9.10. The van der Waals surface area contributed by atoms with E-state index in [2.05, 4.69) is 33.2 Å². The summed E-state index contributed by atoms with van der Waals surface area (Å²) in [5.41, 5.74) is 0.301. The van der Waals surface area contributed by atoms with Crippen molar-refractivity contribution >= 4 is 32.8 Å². The molecule has 116 valence electrons. The predicted molar refractivity (Wildman–Crippen MR) is 87.8 cm³/mol. The lowest BCUT2D eigenvalue weighted by Gasteiger charge is -2.40. The maximum atomic E-state index is 13.8. The first-order valence-electron chi connectivity index (χ1n) is 7.67. The molecule has 22 heavy (non-hydrogen) atoms. The van der Waals surface area contributed by atoms with E-state index in [1.165, 1.54) is 18.6 Å². The molecule has 1 aromatic carbocycles. The Morgan fingerprint density at radius 1 is 1.41 bits per heavy atom. The van der Waals surface area contributed by atoms with Crippen LogP contribution in [0.5, 0.6) is 0 Å². The Kier molecular flexibility index (Phi) is 3.08. The standard InChI is InChI=1S/C16H17BrFN3O/c1-16(7-2-8-16)20-15-19-13-10(5-6-11(18)12(13)17)14(22)21(15)9-3-4-9/h5-6,9H,2-4,7-8H2,1H3,(H,19,20). The van der Waals surface area contributed by atoms with Crippen molar-refractivity contribution in [3.63, 3.8) is 0 Å². The first kappa shape index (κ1) is 14.2. The molecule has 2 aromatic rings. The Morgan fingerprint density at radius 2 is 2.14 bits per heavy atom. The summed E-state index contributed by atoms with van der Waals surface area (Å²) in [6.45, 7) is 2.14. The third-order valence-corrected chi connectivity index (χ3v) is 5.50. The number of aromatic nitrogens is 2. The van der Waals surface area contributed by atoms with Crippen molar-refractivity contribution in [2.24, 2.45) is 0 Å². The number of rotatable bonds is 3. The molecule has 0 saturated heterocycles. The van der Waals surface area contributed by atoms with Crippen molar-refractivity contribution in [3.8, 4) is 0 Å². The number of nitrogens with zero attached hydrogens (tertiary/aromatic N) is 2. The fraction of sp³-hybridized carbons (Fsp3) is 0.500. The molecule has 2 fully saturated rings. The lowest BCUT2D eigenvalue weighted by molar-refractivity contribution is 0.303. The Labute approximate surface area is 135 Å². The van der Waals surface area contributed by atoms with Crippen LogP contribution in [0.1, 0.15) is 45.1 Å². The molecule has 2 aliphatic rings. The van der Waals surface area contributed by atoms with Crippen LogP contribution in [-0.4, -0.2) is 15.1 Å². The van der Waals surface area contributed by atoms with Crippen molar-refractivity contribution in [1.82, 2.24) is 9.55 Å². The quantitative estimate of drug-likeness (QED) is 0.894. The molecule has 6 heteroatoms. The smallest absolute Gasteiger partial charge is 0.263 e. The number of benzene rings is 1. The molecule has 4 rings (SSSR count). The summed E-state index contributed by atoms with van der Waals surface area (Å²) in [4.78, 5) is 17.4. The van der Waals surface area contributed by atoms with Gasteiger partial charge in [0, 0.05) is 11.6 Å². The molecule has 0 bridgehead atoms. The van der Waals surface area contributed by atoms with Crippen molar-refractivity contribution in [1.29, 1.82) is 0 Å². The average Bonchev–Trinajstić information content (AvgIpc) is 3.26. The molecule has 0 radical (unpaired) electrons. The normalized spacial score (nSPS) is 20.0. The second-order valence-electron chi connectivity index (χ2n) is 6.64. The number of anilines is 1. The van der Waals surface area contributed by atoms with Gasteiger partial charge in [-0.2, -0.15) is 0 Å². The Morgan fingerprint density at radius 3 is 2.73 bits per heavy atom. The molecule has 0 aliphatic heterocycles. The molecule has 1 aromatic heterocycles. The van der Waals surface area contributed by atoms with E-state index in [1.807, 2.05) is 0 Å². The van der Waals surface area contributed by atoms with Gasteiger partial charge >= 0.3 is 0 Å². The summed E-state index contributed by atoms with van der Waals surface area (Å²) in [5.74, 6) is 0.179. The second kappa shape index (κ2) is 4.78. The van der Waals surface area contributed by atoms with E-state index in [4.69, 9.17) is 0 Å². The molecule has 0 atom stereocenters. The maximum absolute atomic E-state index is 13.8. The van der Waals surface area contributed by atoms with Crippen LogP contribution in [0, 0.1) is 5.82 Å². The highest BCUT2D eigenvalue weighted by Crippen LogP contribution is 2.39. The monoisotopic (exact) mass is 365 g/mol. The summed E-state index contributed by atoms with van der Waals surface area (Å²) in [7, 11) is 0. The van der Waals surface area contributed by atoms with Crippen LogP contribution in [-0.2, 0) is 0 Å². The van der Waals surface area contributed by atoms with Gasteiger partial charge < -0.3 is 5.32 Å². The Bertz CT molecular complexity index is 824. The molecule has 1 heterocycles. The summed E-state index contributed by atoms with van der Waals surface area (Å²) < 4.78 is 15.8. The molecule has 0 amide bonds. The summed E-state index contributed by atoms with van der Waals surface area (Å²) in [6, 6.07) is 3.06. The van der Waals surface area contributed by atoms with E-state index in [-0.39, 0.29) is 21.6 Å². The van der Waals surface area contributed by atoms with Gasteiger partial charge in [-0.3, -0.25) is 9.36 Å². The topological polar surface area (TPSA) is 46.9 Å². The first-order valence-corrected chi connectivity index (χ1v) is 8.46. The molecule has 2 aliphatic carbocycles. The zero-order chi connectivity index (χ0) is 15.5. The number of fused-ring (bicyclic) bond motifs is 1. The first-order chi connectivity index (χ1) is 10.5. The average molecular weight is 366 g/mol. The van der Waals surface area contributed by atoms with Crippen LogP contribution >= 0.6 is 15.9 Å². The van der Waals surface area contributed by atoms with E-state index in [0.29, 0.717) is 16.9 Å². The van der Waals surface area contributed by atoms with E-state index in [0.717, 1.165) is 25.7 Å². The molecule has 2 saturated carbocycles. The van der Waals surface area contributed by atoms with Crippen molar-refractivity contribution in [2.45, 2.75) is 50.6 Å². The van der Waals surface area contributed by atoms with Gasteiger partial charge in [-0.25, -0.2) is 9.37 Å². The number of halogens is 2. The number of nitrogens with one attached hydrogen (secondary N) is 1. The zero-order valence-electron chi connectivity index (χ0n) is 12.3. The van der Waals surface area contributed by atoms with Gasteiger partial charge in [-0.15, -0.1) is 0 Å². The molecular formula is C16H17BrFN3O. The van der Waals surface area contributed by atoms with Crippen LogP contribution in [0.2, 0.25) is 0 Å². The minimum absolute atomic E-state index is 0.0104. The van der Waals surface area contributed by atoms with Crippen LogP contribution in [0.4, 0.5) is 10.3 Å².